The van der Waals surface area contributed by atoms with E-state index in [1.807, 2.05) is 23.1 Å². The molecule has 4 rings (SSSR count). The number of hydrogen-bond acceptors (Lipinski definition) is 7. The molecule has 3 heterocycles. The van der Waals surface area contributed by atoms with Crippen LogP contribution in [0.4, 0.5) is 11.8 Å². The summed E-state index contributed by atoms with van der Waals surface area (Å²) in [5.41, 5.74) is 1.27. The van der Waals surface area contributed by atoms with E-state index in [1.165, 1.54) is 10.6 Å². The highest BCUT2D eigenvalue weighted by atomic mass is 127. The van der Waals surface area contributed by atoms with Crippen LogP contribution in [0.2, 0.25) is 5.02 Å². The number of rotatable bonds is 5. The van der Waals surface area contributed by atoms with Crippen LogP contribution in [0, 0.1) is 6.92 Å². The molecule has 1 aliphatic rings. The van der Waals surface area contributed by atoms with Crippen molar-refractivity contribution in [3.8, 4) is 11.4 Å². The van der Waals surface area contributed by atoms with Crippen molar-refractivity contribution in [2.24, 2.45) is 0 Å². The second-order valence-electron chi connectivity index (χ2n) is 7.24. The summed E-state index contributed by atoms with van der Waals surface area (Å²) in [6, 6.07) is 8.66. The molecule has 0 bridgehead atoms. The van der Waals surface area contributed by atoms with Gasteiger partial charge < -0.3 is 5.32 Å². The Bertz CT molecular complexity index is 1170. The van der Waals surface area contributed by atoms with Gasteiger partial charge in [-0.1, -0.05) is 52.7 Å². The predicted octanol–water partition coefficient (Wildman–Crippen LogP) is 4.50. The van der Waals surface area contributed by atoms with Gasteiger partial charge in [-0.3, -0.25) is 5.10 Å². The Hall–Kier alpha value is -1.83. The maximum atomic E-state index is 12.4. The van der Waals surface area contributed by atoms with E-state index < -0.39 is 10.0 Å². The summed E-state index contributed by atoms with van der Waals surface area (Å²) in [7, 11) is -3.38. The number of H-pyrrole nitrogens is 1. The lowest BCUT2D eigenvalue weighted by molar-refractivity contribution is 0.253. The summed E-state index contributed by atoms with van der Waals surface area (Å²) in [6.45, 7) is 2.27. The van der Waals surface area contributed by atoms with E-state index in [9.17, 15) is 8.42 Å². The molecule has 1 saturated heterocycles. The molecule has 1 fully saturated rings. The van der Waals surface area contributed by atoms with Crippen LogP contribution in [-0.2, 0) is 10.0 Å². The van der Waals surface area contributed by atoms with Crippen LogP contribution >= 0.6 is 34.2 Å². The minimum absolute atomic E-state index is 0.367. The third-order valence-corrected chi connectivity index (χ3v) is 6.54. The quantitative estimate of drug-likeness (QED) is 0.332. The van der Waals surface area contributed by atoms with Gasteiger partial charge in [0, 0.05) is 18.2 Å². The Morgan fingerprint density at radius 2 is 1.94 bits per heavy atom. The van der Waals surface area contributed by atoms with Crippen molar-refractivity contribution in [3.05, 3.63) is 46.9 Å². The Kier molecular flexibility index (Phi) is 8.42. The van der Waals surface area contributed by atoms with Crippen LogP contribution in [-0.4, -0.2) is 55.6 Å². The Balaban J connectivity index is 0.00000141. The van der Waals surface area contributed by atoms with Gasteiger partial charge in [0.2, 0.25) is 16.0 Å². The molecule has 0 radical (unpaired) electrons. The molecular weight excluding hydrogens is 565 g/mol. The highest BCUT2D eigenvalue weighted by Gasteiger charge is 2.32. The first kappa shape index (κ1) is 24.8. The number of anilines is 2. The molecule has 1 unspecified atom stereocenters. The normalized spacial score (nSPS) is 16.8. The Labute approximate surface area is 206 Å². The number of hydrogen-bond donors (Lipinski definition) is 2. The average Bonchev–Trinajstić information content (AvgIpc) is 3.19. The van der Waals surface area contributed by atoms with Crippen LogP contribution in [0.3, 0.4) is 0 Å². The van der Waals surface area contributed by atoms with Crippen molar-refractivity contribution in [2.45, 2.75) is 32.2 Å². The average molecular weight is 590 g/mol. The topological polar surface area (TPSA) is 117 Å². The molecule has 3 aromatic rings. The van der Waals surface area contributed by atoms with Crippen LogP contribution in [0.5, 0.6) is 0 Å². The fourth-order valence-corrected chi connectivity index (χ4v) is 4.93. The first-order valence-electron chi connectivity index (χ1n) is 9.96. The maximum absolute atomic E-state index is 12.4. The molecule has 9 nitrogen and oxygen atoms in total. The number of alkyl halides is 1. The molecule has 1 aromatic carbocycles. The summed E-state index contributed by atoms with van der Waals surface area (Å²) in [6.07, 6.45) is 3.67. The molecule has 0 saturated carbocycles. The molecular formula is C20H25ClIN7O2S. The summed E-state index contributed by atoms with van der Waals surface area (Å²) < 4.78 is 26.3. The number of benzene rings is 1. The minimum Gasteiger partial charge on any atom is -0.307 e. The van der Waals surface area contributed by atoms with Crippen LogP contribution in [0.1, 0.15) is 36.8 Å². The molecule has 12 heteroatoms. The van der Waals surface area contributed by atoms with Gasteiger partial charge in [0.05, 0.1) is 23.0 Å². The summed E-state index contributed by atoms with van der Waals surface area (Å²) >= 11 is 8.53. The maximum Gasteiger partial charge on any atom is 0.247 e. The van der Waals surface area contributed by atoms with Gasteiger partial charge in [0.25, 0.3) is 0 Å². The van der Waals surface area contributed by atoms with Crippen molar-refractivity contribution in [1.29, 1.82) is 0 Å². The largest absolute Gasteiger partial charge is 0.307 e. The molecule has 32 heavy (non-hydrogen) atoms. The zero-order valence-electron chi connectivity index (χ0n) is 18.0. The Morgan fingerprint density at radius 1 is 1.19 bits per heavy atom. The molecule has 172 valence electrons. The van der Waals surface area contributed by atoms with E-state index >= 15 is 0 Å². The first-order valence-corrected chi connectivity index (χ1v) is 14.3. The van der Waals surface area contributed by atoms with Crippen molar-refractivity contribution >= 4 is 56.0 Å². The van der Waals surface area contributed by atoms with E-state index in [-0.39, 0.29) is 6.04 Å². The van der Waals surface area contributed by atoms with E-state index in [0.29, 0.717) is 52.7 Å². The number of aromatic nitrogens is 5. The Morgan fingerprint density at radius 3 is 2.59 bits per heavy atom. The fourth-order valence-electron chi connectivity index (χ4n) is 3.57. The lowest BCUT2D eigenvalue weighted by atomic mass is 10.0. The smallest absolute Gasteiger partial charge is 0.247 e. The second kappa shape index (κ2) is 10.9. The fraction of sp³-hybridized carbons (Fsp3) is 0.400. The monoisotopic (exact) mass is 589 g/mol. The lowest BCUT2D eigenvalue weighted by Gasteiger charge is -2.33. The highest BCUT2D eigenvalue weighted by Crippen LogP contribution is 2.35. The predicted molar refractivity (Wildman–Crippen MR) is 135 cm³/mol. The zero-order valence-corrected chi connectivity index (χ0v) is 21.7. The minimum atomic E-state index is -3.38. The number of aromatic amines is 1. The van der Waals surface area contributed by atoms with Crippen LogP contribution in [0.15, 0.2) is 30.3 Å². The molecule has 0 amide bonds. The van der Waals surface area contributed by atoms with Crippen molar-refractivity contribution < 1.29 is 8.42 Å². The SMILES string of the molecule is CI.Cc1nc(Nc2cc(C3CCCCN3S(C)(=O)=O)nc(-c3ccccc3Cl)n2)n[nH]1. The molecule has 1 aliphatic heterocycles. The summed E-state index contributed by atoms with van der Waals surface area (Å²) in [4.78, 5) is 15.5. The second-order valence-corrected chi connectivity index (χ2v) is 9.58. The van der Waals surface area contributed by atoms with Gasteiger partial charge in [-0.2, -0.15) is 9.29 Å². The van der Waals surface area contributed by atoms with E-state index in [4.69, 9.17) is 16.6 Å². The number of halogens is 2. The number of aryl methyl sites for hydroxylation is 1. The highest BCUT2D eigenvalue weighted by molar-refractivity contribution is 14.1. The van der Waals surface area contributed by atoms with Gasteiger partial charge in [-0.15, -0.1) is 5.10 Å². The number of nitrogens with zero attached hydrogens (tertiary/aromatic N) is 5. The summed E-state index contributed by atoms with van der Waals surface area (Å²) in [5.74, 6) is 1.90. The first-order chi connectivity index (χ1) is 15.3. The molecule has 1 atom stereocenters. The third kappa shape index (κ3) is 5.94. The zero-order chi connectivity index (χ0) is 23.3. The van der Waals surface area contributed by atoms with Crippen LogP contribution in [0.25, 0.3) is 11.4 Å². The van der Waals surface area contributed by atoms with Gasteiger partial charge in [0.1, 0.15) is 11.6 Å². The third-order valence-electron chi connectivity index (χ3n) is 4.92. The number of piperidine rings is 1. The van der Waals surface area contributed by atoms with E-state index in [1.54, 1.807) is 19.1 Å². The van der Waals surface area contributed by atoms with E-state index in [0.717, 1.165) is 12.8 Å². The number of sulfonamides is 1. The standard InChI is InChI=1S/C19H22ClN7O2S.CH3I/c1-12-21-19(26-25-12)24-17-11-15(16-9-5-6-10-27(16)30(2,28)29)22-18(23-17)13-7-3-4-8-14(13)20;1-2/h3-4,7-8,11,16H,5-6,9-10H2,1-2H3,(H2,21,22,23,24,25,26);1H3. The van der Waals surface area contributed by atoms with Crippen molar-refractivity contribution in [2.75, 3.05) is 23.0 Å². The molecule has 2 aromatic heterocycles. The van der Waals surface area contributed by atoms with E-state index in [2.05, 4.69) is 48.1 Å². The lowest BCUT2D eigenvalue weighted by Crippen LogP contribution is -2.38. The van der Waals surface area contributed by atoms with Gasteiger partial charge in [-0.25, -0.2) is 18.4 Å². The summed E-state index contributed by atoms with van der Waals surface area (Å²) in [5, 5.41) is 10.4. The molecule has 2 N–H and O–H groups in total. The van der Waals surface area contributed by atoms with Crippen LogP contribution < -0.4 is 5.32 Å². The van der Waals surface area contributed by atoms with Gasteiger partial charge >= 0.3 is 0 Å². The van der Waals surface area contributed by atoms with Gasteiger partial charge in [0.15, 0.2) is 5.82 Å². The molecule has 0 spiro atoms. The van der Waals surface area contributed by atoms with Crippen molar-refractivity contribution in [1.82, 2.24) is 29.5 Å². The van der Waals surface area contributed by atoms with Gasteiger partial charge in [-0.05, 0) is 36.8 Å². The van der Waals surface area contributed by atoms with Crippen molar-refractivity contribution in [3.63, 3.8) is 0 Å². The number of nitrogens with one attached hydrogen (secondary N) is 2. The molecule has 0 aliphatic carbocycles.